The highest BCUT2D eigenvalue weighted by Gasteiger charge is 2.08. The molecule has 0 aliphatic heterocycles. The number of hydrogen-bond acceptors (Lipinski definition) is 2. The minimum Gasteiger partial charge on any atom is -0.373 e. The average molecular weight is 255 g/mol. The molecule has 0 bridgehead atoms. The lowest BCUT2D eigenvalue weighted by atomic mass is 10.1. The van der Waals surface area contributed by atoms with Crippen molar-refractivity contribution in [3.63, 3.8) is 0 Å². The zero-order valence-electron chi connectivity index (χ0n) is 7.51. The van der Waals surface area contributed by atoms with Crippen LogP contribution < -0.4 is 5.32 Å². The minimum absolute atomic E-state index is 0.263. The van der Waals surface area contributed by atoms with E-state index in [1.54, 1.807) is 19.3 Å². The molecule has 0 saturated carbocycles. The van der Waals surface area contributed by atoms with Gasteiger partial charge in [-0.3, -0.25) is 0 Å². The van der Waals surface area contributed by atoms with E-state index >= 15 is 0 Å². The Kier molecular flexibility index (Phi) is 2.37. The Hall–Kier alpha value is -1.16. The Labute approximate surface area is 89.3 Å². The lowest BCUT2D eigenvalue weighted by Crippen LogP contribution is -1.95. The Balaban J connectivity index is 2.92. The smallest absolute Gasteiger partial charge is 0.136 e. The molecule has 0 fully saturated rings. The number of aromatic nitrogens is 1. The van der Waals surface area contributed by atoms with E-state index < -0.39 is 0 Å². The first-order valence-corrected chi connectivity index (χ1v) is 4.94. The molecular formula is C10H8BrFN2. The van der Waals surface area contributed by atoms with Crippen LogP contribution >= 0.6 is 15.9 Å². The number of rotatable bonds is 1. The van der Waals surface area contributed by atoms with Gasteiger partial charge >= 0.3 is 0 Å². The fraction of sp³-hybridized carbons (Fsp3) is 0.100. The number of anilines is 1. The van der Waals surface area contributed by atoms with Crippen molar-refractivity contribution in [3.8, 4) is 0 Å². The van der Waals surface area contributed by atoms with E-state index in [9.17, 15) is 4.39 Å². The van der Waals surface area contributed by atoms with E-state index in [2.05, 4.69) is 26.2 Å². The molecule has 1 heterocycles. The van der Waals surface area contributed by atoms with Gasteiger partial charge in [-0.05, 0) is 22.0 Å². The van der Waals surface area contributed by atoms with Crippen molar-refractivity contribution < 1.29 is 4.39 Å². The van der Waals surface area contributed by atoms with Gasteiger partial charge in [-0.1, -0.05) is 12.1 Å². The molecule has 0 amide bonds. The second-order valence-corrected chi connectivity index (χ2v) is 3.72. The van der Waals surface area contributed by atoms with Gasteiger partial charge in [-0.2, -0.15) is 0 Å². The zero-order valence-corrected chi connectivity index (χ0v) is 9.10. The summed E-state index contributed by atoms with van der Waals surface area (Å²) in [6.07, 6.45) is 1.66. The second kappa shape index (κ2) is 3.53. The van der Waals surface area contributed by atoms with Crippen LogP contribution in [0.2, 0.25) is 0 Å². The average Bonchev–Trinajstić information content (AvgIpc) is 2.20. The maximum Gasteiger partial charge on any atom is 0.136 e. The molecule has 1 aromatic carbocycles. The van der Waals surface area contributed by atoms with Crippen molar-refractivity contribution in [1.82, 2.24) is 4.98 Å². The predicted octanol–water partition coefficient (Wildman–Crippen LogP) is 3.18. The highest BCUT2D eigenvalue weighted by Crippen LogP contribution is 2.29. The number of nitrogens with one attached hydrogen (secondary N) is 1. The van der Waals surface area contributed by atoms with Crippen molar-refractivity contribution in [2.45, 2.75) is 0 Å². The van der Waals surface area contributed by atoms with Crippen LogP contribution in [0.25, 0.3) is 10.8 Å². The molecular weight excluding hydrogens is 247 g/mol. The normalized spacial score (nSPS) is 10.5. The third kappa shape index (κ3) is 1.35. The molecule has 0 spiro atoms. The summed E-state index contributed by atoms with van der Waals surface area (Å²) in [6, 6.07) is 4.96. The van der Waals surface area contributed by atoms with Gasteiger partial charge in [-0.25, -0.2) is 9.37 Å². The van der Waals surface area contributed by atoms with E-state index in [0.29, 0.717) is 11.2 Å². The monoisotopic (exact) mass is 254 g/mol. The van der Waals surface area contributed by atoms with Crippen LogP contribution in [0.1, 0.15) is 0 Å². The first-order chi connectivity index (χ1) is 6.74. The summed E-state index contributed by atoms with van der Waals surface area (Å²) in [5, 5.41) is 4.21. The molecule has 2 nitrogen and oxygen atoms in total. The summed E-state index contributed by atoms with van der Waals surface area (Å²) in [6.45, 7) is 0. The van der Waals surface area contributed by atoms with E-state index in [1.165, 1.54) is 6.07 Å². The highest BCUT2D eigenvalue weighted by atomic mass is 79.9. The predicted molar refractivity (Wildman–Crippen MR) is 58.9 cm³/mol. The second-order valence-electron chi connectivity index (χ2n) is 2.87. The Morgan fingerprint density at radius 2 is 2.21 bits per heavy atom. The number of pyridine rings is 1. The summed E-state index contributed by atoms with van der Waals surface area (Å²) < 4.78 is 14.3. The standard InChI is InChI=1S/C10H8BrFN2/c1-13-10-9-6(7(11)5-14-10)3-2-4-8(9)12/h2-5H,1H3,(H,13,14). The molecule has 72 valence electrons. The van der Waals surface area contributed by atoms with Crippen molar-refractivity contribution >= 4 is 32.5 Å². The van der Waals surface area contributed by atoms with Gasteiger partial charge in [-0.15, -0.1) is 0 Å². The summed E-state index contributed by atoms with van der Waals surface area (Å²) in [4.78, 5) is 4.09. The number of benzene rings is 1. The third-order valence-electron chi connectivity index (χ3n) is 2.05. The SMILES string of the molecule is CNc1ncc(Br)c2cccc(F)c12. The molecule has 0 atom stereocenters. The third-order valence-corrected chi connectivity index (χ3v) is 2.68. The maximum absolute atomic E-state index is 13.5. The van der Waals surface area contributed by atoms with Crippen molar-refractivity contribution in [2.24, 2.45) is 0 Å². The molecule has 0 saturated heterocycles. The quantitative estimate of drug-likeness (QED) is 0.846. The van der Waals surface area contributed by atoms with Crippen molar-refractivity contribution in [1.29, 1.82) is 0 Å². The summed E-state index contributed by atoms with van der Waals surface area (Å²) in [7, 11) is 1.72. The maximum atomic E-state index is 13.5. The zero-order chi connectivity index (χ0) is 10.1. The number of halogens is 2. The van der Waals surface area contributed by atoms with Gasteiger partial charge in [0.25, 0.3) is 0 Å². The number of fused-ring (bicyclic) bond motifs is 1. The molecule has 0 aliphatic rings. The van der Waals surface area contributed by atoms with Crippen molar-refractivity contribution in [2.75, 3.05) is 12.4 Å². The molecule has 0 aliphatic carbocycles. The Morgan fingerprint density at radius 3 is 2.93 bits per heavy atom. The Bertz CT molecular complexity index is 485. The van der Waals surface area contributed by atoms with Crippen molar-refractivity contribution in [3.05, 3.63) is 34.7 Å². The van der Waals surface area contributed by atoms with Crippen LogP contribution in [0.5, 0.6) is 0 Å². The highest BCUT2D eigenvalue weighted by molar-refractivity contribution is 9.10. The first kappa shape index (κ1) is 9.40. The van der Waals surface area contributed by atoms with Crippen LogP contribution in [0.15, 0.2) is 28.9 Å². The summed E-state index contributed by atoms with van der Waals surface area (Å²) in [5.41, 5.74) is 0. The van der Waals surface area contributed by atoms with E-state index in [0.717, 1.165) is 9.86 Å². The van der Waals surface area contributed by atoms with Crippen LogP contribution in [0.3, 0.4) is 0 Å². The lowest BCUT2D eigenvalue weighted by Gasteiger charge is -2.06. The molecule has 1 N–H and O–H groups in total. The number of nitrogens with zero attached hydrogens (tertiary/aromatic N) is 1. The van der Waals surface area contributed by atoms with Gasteiger partial charge in [0.2, 0.25) is 0 Å². The minimum atomic E-state index is -0.263. The molecule has 0 unspecified atom stereocenters. The Morgan fingerprint density at radius 1 is 1.43 bits per heavy atom. The van der Waals surface area contributed by atoms with Crippen LogP contribution in [0.4, 0.5) is 10.2 Å². The largest absolute Gasteiger partial charge is 0.373 e. The van der Waals surface area contributed by atoms with Gasteiger partial charge in [0.1, 0.15) is 11.6 Å². The summed E-state index contributed by atoms with van der Waals surface area (Å²) >= 11 is 3.34. The van der Waals surface area contributed by atoms with Crippen LogP contribution in [-0.2, 0) is 0 Å². The topological polar surface area (TPSA) is 24.9 Å². The molecule has 1 aromatic heterocycles. The molecule has 2 aromatic rings. The van der Waals surface area contributed by atoms with Crippen LogP contribution in [0, 0.1) is 5.82 Å². The lowest BCUT2D eigenvalue weighted by molar-refractivity contribution is 0.640. The molecule has 14 heavy (non-hydrogen) atoms. The first-order valence-electron chi connectivity index (χ1n) is 4.14. The van der Waals surface area contributed by atoms with Gasteiger partial charge in [0.05, 0.1) is 5.39 Å². The van der Waals surface area contributed by atoms with Crippen LogP contribution in [-0.4, -0.2) is 12.0 Å². The van der Waals surface area contributed by atoms with E-state index in [4.69, 9.17) is 0 Å². The molecule has 2 rings (SSSR count). The molecule has 0 radical (unpaired) electrons. The fourth-order valence-electron chi connectivity index (χ4n) is 1.41. The number of hydrogen-bond donors (Lipinski definition) is 1. The summed E-state index contributed by atoms with van der Waals surface area (Å²) in [5.74, 6) is 0.293. The van der Waals surface area contributed by atoms with Gasteiger partial charge in [0, 0.05) is 23.1 Å². The van der Waals surface area contributed by atoms with E-state index in [1.807, 2.05) is 6.07 Å². The van der Waals surface area contributed by atoms with Gasteiger partial charge < -0.3 is 5.32 Å². The fourth-order valence-corrected chi connectivity index (χ4v) is 1.84. The molecule has 4 heteroatoms. The van der Waals surface area contributed by atoms with Gasteiger partial charge in [0.15, 0.2) is 0 Å². The van der Waals surface area contributed by atoms with E-state index in [-0.39, 0.29) is 5.82 Å².